The third-order valence-electron chi connectivity index (χ3n) is 4.05. The van der Waals surface area contributed by atoms with E-state index in [2.05, 4.69) is 36.7 Å². The molecule has 2 aromatic rings. The first-order chi connectivity index (χ1) is 10.3. The molecule has 0 aliphatic rings. The molecule has 118 valence electrons. The fourth-order valence-corrected chi connectivity index (χ4v) is 5.08. The number of hydrogen-bond acceptors (Lipinski definition) is 3. The van der Waals surface area contributed by atoms with Crippen molar-refractivity contribution in [3.8, 4) is 0 Å². The summed E-state index contributed by atoms with van der Waals surface area (Å²) in [6.45, 7) is 5.56. The Morgan fingerprint density at radius 3 is 2.48 bits per heavy atom. The first-order valence-electron chi connectivity index (χ1n) is 8.55. The molecule has 1 nitrogen and oxygen atoms in total. The highest BCUT2D eigenvalue weighted by Crippen LogP contribution is 2.35. The first-order valence-corrected chi connectivity index (χ1v) is 10.2. The predicted molar refractivity (Wildman–Crippen MR) is 98.7 cm³/mol. The molecule has 0 aliphatic carbocycles. The fraction of sp³-hybridized carbons (Fsp3) is 0.667. The summed E-state index contributed by atoms with van der Waals surface area (Å²) in [6, 6.07) is 5.22. The van der Waals surface area contributed by atoms with Crippen LogP contribution in [0.15, 0.2) is 17.5 Å². The molecular weight excluding hydrogens is 294 g/mol. The third-order valence-corrected chi connectivity index (χ3v) is 6.26. The number of nitrogens with one attached hydrogen (secondary N) is 1. The summed E-state index contributed by atoms with van der Waals surface area (Å²) >= 11 is 3.84. The lowest BCUT2D eigenvalue weighted by molar-refractivity contribution is 0.481. The highest BCUT2D eigenvalue weighted by Gasteiger charge is 2.13. The van der Waals surface area contributed by atoms with Crippen LogP contribution in [0.4, 0.5) is 0 Å². The standard InChI is InChI=1S/C18H29NS2/c1-3-5-6-7-8-9-10-11-15(19-4-2)17-14-18-16(21-17)12-13-20-18/h12-15,19H,3-11H2,1-2H3. The molecule has 0 fully saturated rings. The molecule has 2 rings (SSSR count). The quantitative estimate of drug-likeness (QED) is 0.451. The maximum absolute atomic E-state index is 3.68. The van der Waals surface area contributed by atoms with Crippen LogP contribution in [0, 0.1) is 0 Å². The number of unbranched alkanes of at least 4 members (excludes halogenated alkanes) is 6. The zero-order valence-electron chi connectivity index (χ0n) is 13.5. The Bertz CT molecular complexity index is 472. The molecule has 2 aromatic heterocycles. The van der Waals surface area contributed by atoms with Gasteiger partial charge >= 0.3 is 0 Å². The minimum atomic E-state index is 0.565. The van der Waals surface area contributed by atoms with Crippen LogP contribution in [0.25, 0.3) is 9.40 Å². The van der Waals surface area contributed by atoms with Gasteiger partial charge in [-0.15, -0.1) is 22.7 Å². The van der Waals surface area contributed by atoms with E-state index in [-0.39, 0.29) is 0 Å². The molecular formula is C18H29NS2. The van der Waals surface area contributed by atoms with Gasteiger partial charge in [-0.2, -0.15) is 0 Å². The zero-order valence-corrected chi connectivity index (χ0v) is 15.1. The van der Waals surface area contributed by atoms with Gasteiger partial charge in [0.05, 0.1) is 0 Å². The number of thiophene rings is 2. The average Bonchev–Trinajstić information content (AvgIpc) is 3.06. The zero-order chi connectivity index (χ0) is 14.9. The van der Waals surface area contributed by atoms with Crippen LogP contribution in [-0.4, -0.2) is 6.54 Å². The molecule has 0 aromatic carbocycles. The van der Waals surface area contributed by atoms with Crippen molar-refractivity contribution in [2.24, 2.45) is 0 Å². The molecule has 0 spiro atoms. The van der Waals surface area contributed by atoms with Gasteiger partial charge in [-0.25, -0.2) is 0 Å². The third kappa shape index (κ3) is 5.39. The Hall–Kier alpha value is -0.380. The molecule has 2 heterocycles. The summed E-state index contributed by atoms with van der Waals surface area (Å²) in [5, 5.41) is 5.87. The molecule has 0 bridgehead atoms. The molecule has 1 unspecified atom stereocenters. The largest absolute Gasteiger partial charge is 0.310 e. The highest BCUT2D eigenvalue weighted by molar-refractivity contribution is 7.26. The topological polar surface area (TPSA) is 12.0 Å². The van der Waals surface area contributed by atoms with E-state index in [9.17, 15) is 0 Å². The summed E-state index contributed by atoms with van der Waals surface area (Å²) < 4.78 is 2.91. The second-order valence-electron chi connectivity index (χ2n) is 5.82. The minimum Gasteiger partial charge on any atom is -0.310 e. The van der Waals surface area contributed by atoms with Crippen molar-refractivity contribution < 1.29 is 0 Å². The van der Waals surface area contributed by atoms with Crippen LogP contribution in [0.3, 0.4) is 0 Å². The molecule has 0 saturated carbocycles. The molecule has 0 aliphatic heterocycles. The predicted octanol–water partition coefficient (Wildman–Crippen LogP) is 6.75. The lowest BCUT2D eigenvalue weighted by Gasteiger charge is -2.16. The van der Waals surface area contributed by atoms with Crippen molar-refractivity contribution in [2.45, 2.75) is 71.3 Å². The lowest BCUT2D eigenvalue weighted by Crippen LogP contribution is -2.19. The number of hydrogen-bond donors (Lipinski definition) is 1. The van der Waals surface area contributed by atoms with Gasteiger partial charge < -0.3 is 5.32 Å². The van der Waals surface area contributed by atoms with E-state index in [0.717, 1.165) is 6.54 Å². The van der Waals surface area contributed by atoms with Gasteiger partial charge in [-0.3, -0.25) is 0 Å². The molecule has 21 heavy (non-hydrogen) atoms. The Morgan fingerprint density at radius 1 is 1.00 bits per heavy atom. The van der Waals surface area contributed by atoms with Gasteiger partial charge in [-0.05, 0) is 30.5 Å². The van der Waals surface area contributed by atoms with E-state index in [0.29, 0.717) is 6.04 Å². The summed E-state index contributed by atoms with van der Waals surface area (Å²) in [6.07, 6.45) is 11.1. The fourth-order valence-electron chi connectivity index (χ4n) is 2.85. The van der Waals surface area contributed by atoms with Crippen LogP contribution in [0.5, 0.6) is 0 Å². The van der Waals surface area contributed by atoms with Gasteiger partial charge in [0, 0.05) is 20.3 Å². The molecule has 3 heteroatoms. The van der Waals surface area contributed by atoms with Crippen LogP contribution >= 0.6 is 22.7 Å². The van der Waals surface area contributed by atoms with E-state index in [1.807, 2.05) is 22.7 Å². The van der Waals surface area contributed by atoms with Crippen LogP contribution in [0.2, 0.25) is 0 Å². The summed E-state index contributed by atoms with van der Waals surface area (Å²) in [7, 11) is 0. The van der Waals surface area contributed by atoms with Gasteiger partial charge in [0.1, 0.15) is 0 Å². The summed E-state index contributed by atoms with van der Waals surface area (Å²) in [5.74, 6) is 0. The second-order valence-corrected chi connectivity index (χ2v) is 7.88. The van der Waals surface area contributed by atoms with Gasteiger partial charge in [-0.1, -0.05) is 58.8 Å². The van der Waals surface area contributed by atoms with Crippen molar-refractivity contribution in [3.63, 3.8) is 0 Å². The normalized spacial score (nSPS) is 13.0. The van der Waals surface area contributed by atoms with Crippen molar-refractivity contribution >= 4 is 32.1 Å². The maximum Gasteiger partial charge on any atom is 0.0454 e. The summed E-state index contributed by atoms with van der Waals surface area (Å²) in [5.41, 5.74) is 0. The molecule has 1 N–H and O–H groups in total. The second kappa shape index (κ2) is 9.60. The van der Waals surface area contributed by atoms with Gasteiger partial charge in [0.2, 0.25) is 0 Å². The first kappa shape index (κ1) is 17.0. The monoisotopic (exact) mass is 323 g/mol. The highest BCUT2D eigenvalue weighted by atomic mass is 32.1. The van der Waals surface area contributed by atoms with Crippen molar-refractivity contribution in [3.05, 3.63) is 22.4 Å². The molecule has 0 amide bonds. The Morgan fingerprint density at radius 2 is 1.76 bits per heavy atom. The van der Waals surface area contributed by atoms with Crippen LogP contribution in [-0.2, 0) is 0 Å². The average molecular weight is 324 g/mol. The molecule has 0 saturated heterocycles. The maximum atomic E-state index is 3.68. The van der Waals surface area contributed by atoms with E-state index < -0.39 is 0 Å². The smallest absolute Gasteiger partial charge is 0.0454 e. The lowest BCUT2D eigenvalue weighted by atomic mass is 10.0. The number of fused-ring (bicyclic) bond motifs is 1. The van der Waals surface area contributed by atoms with E-state index in [1.54, 1.807) is 0 Å². The number of rotatable bonds is 11. The molecule has 0 radical (unpaired) electrons. The van der Waals surface area contributed by atoms with Crippen LogP contribution in [0.1, 0.15) is 76.1 Å². The van der Waals surface area contributed by atoms with Crippen molar-refractivity contribution in [2.75, 3.05) is 6.54 Å². The van der Waals surface area contributed by atoms with Gasteiger partial charge in [0.15, 0.2) is 0 Å². The minimum absolute atomic E-state index is 0.565. The van der Waals surface area contributed by atoms with E-state index in [4.69, 9.17) is 0 Å². The SMILES string of the molecule is CCCCCCCCCC(NCC)c1cc2sccc2s1. The Balaban J connectivity index is 1.75. The summed E-state index contributed by atoms with van der Waals surface area (Å²) in [4.78, 5) is 1.53. The van der Waals surface area contributed by atoms with Crippen molar-refractivity contribution in [1.82, 2.24) is 5.32 Å². The Kier molecular flexibility index (Phi) is 7.76. The van der Waals surface area contributed by atoms with E-state index >= 15 is 0 Å². The van der Waals surface area contributed by atoms with Gasteiger partial charge in [0.25, 0.3) is 0 Å². The molecule has 1 atom stereocenters. The Labute approximate surface area is 137 Å². The van der Waals surface area contributed by atoms with Crippen LogP contribution < -0.4 is 5.32 Å². The van der Waals surface area contributed by atoms with Crippen molar-refractivity contribution in [1.29, 1.82) is 0 Å². The van der Waals surface area contributed by atoms with E-state index in [1.165, 1.54) is 65.6 Å².